The van der Waals surface area contributed by atoms with Gasteiger partial charge in [0, 0.05) is 5.69 Å². The van der Waals surface area contributed by atoms with Gasteiger partial charge in [0.1, 0.15) is 29.7 Å². The molecule has 0 saturated carbocycles. The molecule has 0 aromatic heterocycles. The maximum Gasteiger partial charge on any atom is 0.300 e. The summed E-state index contributed by atoms with van der Waals surface area (Å²) in [5, 5.41) is 11.4. The minimum Gasteiger partial charge on any atom is -0.507 e. The number of ether oxygens (including phenoxy) is 2. The predicted octanol–water partition coefficient (Wildman–Crippen LogP) is 6.04. The highest BCUT2D eigenvalue weighted by Gasteiger charge is 2.47. The van der Waals surface area contributed by atoms with Gasteiger partial charge >= 0.3 is 0 Å². The molecule has 1 N–H and O–H groups in total. The fourth-order valence-electron chi connectivity index (χ4n) is 4.53. The third-order valence-electron chi connectivity index (χ3n) is 6.32. The fraction of sp³-hybridized carbons (Fsp3) is 0.0968. The van der Waals surface area contributed by atoms with E-state index in [1.165, 1.54) is 24.1 Å². The molecule has 5 rings (SSSR count). The molecule has 0 bridgehead atoms. The Bertz CT molecular complexity index is 1520. The molecule has 190 valence electrons. The van der Waals surface area contributed by atoms with Gasteiger partial charge in [0.2, 0.25) is 0 Å². The molecule has 1 unspecified atom stereocenters. The number of aliphatic hydroxyl groups is 1. The molecule has 1 saturated heterocycles. The quantitative estimate of drug-likeness (QED) is 0.187. The molecule has 0 spiro atoms. The molecule has 0 aliphatic carbocycles. The molecule has 38 heavy (non-hydrogen) atoms. The van der Waals surface area contributed by atoms with Gasteiger partial charge in [0.05, 0.1) is 24.3 Å². The maximum absolute atomic E-state index is 14.2. The number of nitrogens with zero attached hydrogens (tertiary/aromatic N) is 1. The number of carbonyl (C=O) groups excluding carboxylic acids is 2. The van der Waals surface area contributed by atoms with Crippen LogP contribution in [0.5, 0.6) is 11.5 Å². The van der Waals surface area contributed by atoms with E-state index in [0.717, 1.165) is 11.6 Å². The molecular formula is C31H24FNO5. The first-order valence-electron chi connectivity index (χ1n) is 11.9. The largest absolute Gasteiger partial charge is 0.507 e. The lowest BCUT2D eigenvalue weighted by Crippen LogP contribution is -2.29. The number of ketones is 1. The van der Waals surface area contributed by atoms with Crippen LogP contribution in [0.25, 0.3) is 5.76 Å². The summed E-state index contributed by atoms with van der Waals surface area (Å²) < 4.78 is 25.5. The van der Waals surface area contributed by atoms with Crippen molar-refractivity contribution in [3.8, 4) is 11.5 Å². The van der Waals surface area contributed by atoms with Gasteiger partial charge in [-0.25, -0.2) is 4.39 Å². The van der Waals surface area contributed by atoms with Crippen LogP contribution >= 0.6 is 0 Å². The first kappa shape index (κ1) is 24.8. The van der Waals surface area contributed by atoms with E-state index in [0.29, 0.717) is 23.6 Å². The Morgan fingerprint density at radius 1 is 0.895 bits per heavy atom. The summed E-state index contributed by atoms with van der Waals surface area (Å²) in [6.45, 7) is 0.323. The molecule has 1 heterocycles. The lowest BCUT2D eigenvalue weighted by atomic mass is 9.94. The zero-order chi connectivity index (χ0) is 26.6. The number of aliphatic hydroxyl groups excluding tert-OH is 1. The van der Waals surface area contributed by atoms with E-state index in [1.807, 2.05) is 30.3 Å². The number of carbonyl (C=O) groups is 2. The Hall–Kier alpha value is -4.91. The lowest BCUT2D eigenvalue weighted by molar-refractivity contribution is -0.132. The highest BCUT2D eigenvalue weighted by Crippen LogP contribution is 2.43. The molecular weight excluding hydrogens is 485 g/mol. The van der Waals surface area contributed by atoms with Crippen molar-refractivity contribution in [1.29, 1.82) is 0 Å². The van der Waals surface area contributed by atoms with Crippen LogP contribution in [0.4, 0.5) is 10.1 Å². The molecule has 1 fully saturated rings. The third kappa shape index (κ3) is 4.74. The van der Waals surface area contributed by atoms with E-state index >= 15 is 0 Å². The van der Waals surface area contributed by atoms with E-state index in [9.17, 15) is 19.1 Å². The second-order valence-electron chi connectivity index (χ2n) is 8.70. The summed E-state index contributed by atoms with van der Waals surface area (Å²) in [6, 6.07) is 28.0. The zero-order valence-corrected chi connectivity index (χ0v) is 20.5. The number of methoxy groups -OCH3 is 1. The van der Waals surface area contributed by atoms with Gasteiger partial charge in [-0.2, -0.15) is 0 Å². The number of benzene rings is 4. The highest BCUT2D eigenvalue weighted by molar-refractivity contribution is 6.51. The molecule has 0 radical (unpaired) electrons. The van der Waals surface area contributed by atoms with Gasteiger partial charge in [0.15, 0.2) is 0 Å². The van der Waals surface area contributed by atoms with Crippen molar-refractivity contribution < 1.29 is 28.6 Å². The maximum atomic E-state index is 14.2. The van der Waals surface area contributed by atoms with Gasteiger partial charge in [-0.15, -0.1) is 0 Å². The standard InChI is InChI=1S/C31H24FNO5/c1-37-26-16-15-22(32)18-25(26)29(34)27-28(33(31(36)30(27)35)23-12-6-3-7-13-23)21-11-8-14-24(17-21)38-19-20-9-4-2-5-10-20/h2-18,28,34H,19H2,1H3/b29-27+. The number of Topliss-reactive ketones (excluding diaryl/α,β-unsaturated/α-hetero) is 1. The number of anilines is 1. The Morgan fingerprint density at radius 3 is 2.32 bits per heavy atom. The number of rotatable bonds is 7. The van der Waals surface area contributed by atoms with Crippen molar-refractivity contribution in [1.82, 2.24) is 0 Å². The minimum atomic E-state index is -0.995. The molecule has 1 atom stereocenters. The van der Waals surface area contributed by atoms with Crippen molar-refractivity contribution in [3.63, 3.8) is 0 Å². The van der Waals surface area contributed by atoms with Crippen LogP contribution in [0.3, 0.4) is 0 Å². The average molecular weight is 510 g/mol. The summed E-state index contributed by atoms with van der Waals surface area (Å²) in [5.74, 6) is -2.18. The van der Waals surface area contributed by atoms with Crippen LogP contribution < -0.4 is 14.4 Å². The molecule has 1 aliphatic heterocycles. The van der Waals surface area contributed by atoms with Crippen LogP contribution in [0, 0.1) is 5.82 Å². The topological polar surface area (TPSA) is 76.1 Å². The van der Waals surface area contributed by atoms with Gasteiger partial charge in [-0.1, -0.05) is 60.7 Å². The Balaban J connectivity index is 1.64. The first-order chi connectivity index (χ1) is 18.5. The number of hydrogen-bond acceptors (Lipinski definition) is 5. The third-order valence-corrected chi connectivity index (χ3v) is 6.32. The van der Waals surface area contributed by atoms with E-state index in [2.05, 4.69) is 0 Å². The second-order valence-corrected chi connectivity index (χ2v) is 8.70. The summed E-state index contributed by atoms with van der Waals surface area (Å²) >= 11 is 0. The predicted molar refractivity (Wildman–Crippen MR) is 141 cm³/mol. The first-order valence-corrected chi connectivity index (χ1v) is 11.9. The highest BCUT2D eigenvalue weighted by atomic mass is 19.1. The normalized spacial score (nSPS) is 16.5. The number of amides is 1. The molecule has 7 heteroatoms. The van der Waals surface area contributed by atoms with Gasteiger partial charge in [-0.05, 0) is 53.6 Å². The molecule has 1 amide bonds. The smallest absolute Gasteiger partial charge is 0.300 e. The summed E-state index contributed by atoms with van der Waals surface area (Å²) in [5.41, 5.74) is 1.78. The SMILES string of the molecule is COc1ccc(F)cc1/C(O)=C1\C(=O)C(=O)N(c2ccccc2)C1c1cccc(OCc2ccccc2)c1. The van der Waals surface area contributed by atoms with E-state index in [1.54, 1.807) is 54.6 Å². The monoisotopic (exact) mass is 509 g/mol. The van der Waals surface area contributed by atoms with E-state index in [-0.39, 0.29) is 16.9 Å². The molecule has 4 aromatic carbocycles. The van der Waals surface area contributed by atoms with Crippen LogP contribution in [-0.4, -0.2) is 23.9 Å². The van der Waals surface area contributed by atoms with Gasteiger partial charge in [-0.3, -0.25) is 14.5 Å². The van der Waals surface area contributed by atoms with Crippen molar-refractivity contribution in [3.05, 3.63) is 131 Å². The van der Waals surface area contributed by atoms with Gasteiger partial charge in [0.25, 0.3) is 11.7 Å². The fourth-order valence-corrected chi connectivity index (χ4v) is 4.53. The molecule has 1 aliphatic rings. The average Bonchev–Trinajstić information content (AvgIpc) is 3.22. The summed E-state index contributed by atoms with van der Waals surface area (Å²) in [7, 11) is 1.37. The van der Waals surface area contributed by atoms with Crippen molar-refractivity contribution in [2.24, 2.45) is 0 Å². The van der Waals surface area contributed by atoms with E-state index in [4.69, 9.17) is 9.47 Å². The minimum absolute atomic E-state index is 0.0277. The van der Waals surface area contributed by atoms with Crippen LogP contribution in [0.15, 0.2) is 109 Å². The van der Waals surface area contributed by atoms with Crippen molar-refractivity contribution in [2.75, 3.05) is 12.0 Å². The van der Waals surface area contributed by atoms with Crippen LogP contribution in [0.2, 0.25) is 0 Å². The zero-order valence-electron chi connectivity index (χ0n) is 20.5. The van der Waals surface area contributed by atoms with E-state index < -0.39 is 29.3 Å². The van der Waals surface area contributed by atoms with Gasteiger partial charge < -0.3 is 14.6 Å². The number of hydrogen-bond donors (Lipinski definition) is 1. The van der Waals surface area contributed by atoms with Crippen molar-refractivity contribution >= 4 is 23.1 Å². The van der Waals surface area contributed by atoms with Crippen molar-refractivity contribution in [2.45, 2.75) is 12.6 Å². The number of halogens is 1. The Kier molecular flexibility index (Phi) is 6.91. The lowest BCUT2D eigenvalue weighted by Gasteiger charge is -2.26. The molecule has 4 aromatic rings. The Morgan fingerprint density at radius 2 is 1.61 bits per heavy atom. The summed E-state index contributed by atoms with van der Waals surface area (Å²) in [4.78, 5) is 28.1. The second kappa shape index (κ2) is 10.6. The van der Waals surface area contributed by atoms with Crippen LogP contribution in [-0.2, 0) is 16.2 Å². The number of para-hydroxylation sites is 1. The summed E-state index contributed by atoms with van der Waals surface area (Å²) in [6.07, 6.45) is 0. The van der Waals surface area contributed by atoms with Crippen LogP contribution in [0.1, 0.15) is 22.7 Å². The molecule has 6 nitrogen and oxygen atoms in total. The Labute approximate surface area is 219 Å².